The Morgan fingerprint density at radius 1 is 1.29 bits per heavy atom. The van der Waals surface area contributed by atoms with Crippen LogP contribution >= 0.6 is 0 Å². The number of halogens is 2. The molecule has 2 aromatic rings. The molecular weight excluding hydrogens is 226 g/mol. The Morgan fingerprint density at radius 2 is 2.12 bits per heavy atom. The summed E-state index contributed by atoms with van der Waals surface area (Å²) in [5.74, 6) is -0.756. The first kappa shape index (κ1) is 11.7. The van der Waals surface area contributed by atoms with Crippen molar-refractivity contribution in [3.63, 3.8) is 0 Å². The van der Waals surface area contributed by atoms with Crippen LogP contribution in [0.15, 0.2) is 28.8 Å². The Morgan fingerprint density at radius 3 is 2.82 bits per heavy atom. The predicted molar refractivity (Wildman–Crippen MR) is 59.5 cm³/mol. The van der Waals surface area contributed by atoms with Gasteiger partial charge in [0.2, 0.25) is 0 Å². The lowest BCUT2D eigenvalue weighted by atomic mass is 10.2. The quantitative estimate of drug-likeness (QED) is 0.888. The fourth-order valence-electron chi connectivity index (χ4n) is 1.44. The summed E-state index contributed by atoms with van der Waals surface area (Å²) in [5, 5.41) is 2.97. The monoisotopic (exact) mass is 238 g/mol. The Kier molecular flexibility index (Phi) is 3.49. The van der Waals surface area contributed by atoms with Gasteiger partial charge in [0.15, 0.2) is 23.3 Å². The van der Waals surface area contributed by atoms with Gasteiger partial charge in [0.05, 0.1) is 6.20 Å². The first-order valence-corrected chi connectivity index (χ1v) is 5.25. The molecule has 17 heavy (non-hydrogen) atoms. The first-order valence-electron chi connectivity index (χ1n) is 5.25. The maximum absolute atomic E-state index is 13.0. The lowest BCUT2D eigenvalue weighted by Gasteiger charge is -1.98. The molecule has 1 aromatic carbocycles. The average Bonchev–Trinajstić information content (AvgIpc) is 2.79. The summed E-state index contributed by atoms with van der Waals surface area (Å²) in [6, 6.07) is 3.62. The SMILES string of the molecule is CNCCc1ncc(-c2ccc(F)c(F)c2)o1. The lowest BCUT2D eigenvalue weighted by molar-refractivity contribution is 0.496. The Labute approximate surface area is 97.5 Å². The summed E-state index contributed by atoms with van der Waals surface area (Å²) >= 11 is 0. The van der Waals surface area contributed by atoms with Crippen LogP contribution in [-0.2, 0) is 6.42 Å². The summed E-state index contributed by atoms with van der Waals surface area (Å²) in [5.41, 5.74) is 0.479. The number of rotatable bonds is 4. The van der Waals surface area contributed by atoms with Gasteiger partial charge in [-0.1, -0.05) is 0 Å². The standard InChI is InChI=1S/C12H12F2N2O/c1-15-5-4-12-16-7-11(17-12)8-2-3-9(13)10(14)6-8/h2-3,6-7,15H,4-5H2,1H3. The summed E-state index contributed by atoms with van der Waals surface area (Å²) in [6.07, 6.45) is 2.16. The van der Waals surface area contributed by atoms with Crippen molar-refractivity contribution < 1.29 is 13.2 Å². The van der Waals surface area contributed by atoms with Gasteiger partial charge < -0.3 is 9.73 Å². The number of likely N-dealkylation sites (N-methyl/N-ethyl adjacent to an activating group) is 1. The third-order valence-corrected chi connectivity index (χ3v) is 2.35. The van der Waals surface area contributed by atoms with Crippen LogP contribution in [0.3, 0.4) is 0 Å². The fraction of sp³-hybridized carbons (Fsp3) is 0.250. The Hall–Kier alpha value is -1.75. The smallest absolute Gasteiger partial charge is 0.196 e. The maximum atomic E-state index is 13.0. The number of hydrogen-bond donors (Lipinski definition) is 1. The number of oxazole rings is 1. The van der Waals surface area contributed by atoms with Crippen molar-refractivity contribution in [2.24, 2.45) is 0 Å². The second-order valence-electron chi connectivity index (χ2n) is 3.60. The highest BCUT2D eigenvalue weighted by molar-refractivity contribution is 5.56. The van der Waals surface area contributed by atoms with Crippen molar-refractivity contribution in [3.8, 4) is 11.3 Å². The van der Waals surface area contributed by atoms with E-state index in [-0.39, 0.29) is 0 Å². The molecule has 90 valence electrons. The number of benzene rings is 1. The van der Waals surface area contributed by atoms with Crippen molar-refractivity contribution in [3.05, 3.63) is 41.9 Å². The summed E-state index contributed by atoms with van der Waals surface area (Å²) in [6.45, 7) is 0.748. The molecule has 0 saturated carbocycles. The topological polar surface area (TPSA) is 38.1 Å². The second kappa shape index (κ2) is 5.05. The van der Waals surface area contributed by atoms with Crippen LogP contribution in [0.2, 0.25) is 0 Å². The lowest BCUT2D eigenvalue weighted by Crippen LogP contribution is -2.10. The van der Waals surface area contributed by atoms with Gasteiger partial charge in [-0.3, -0.25) is 0 Å². The molecule has 5 heteroatoms. The molecular formula is C12H12F2N2O. The van der Waals surface area contributed by atoms with Crippen LogP contribution in [0.25, 0.3) is 11.3 Å². The first-order chi connectivity index (χ1) is 8.20. The molecule has 0 spiro atoms. The number of nitrogens with one attached hydrogen (secondary N) is 1. The zero-order valence-corrected chi connectivity index (χ0v) is 9.34. The molecule has 0 amide bonds. The highest BCUT2D eigenvalue weighted by atomic mass is 19.2. The largest absolute Gasteiger partial charge is 0.441 e. The van der Waals surface area contributed by atoms with Gasteiger partial charge in [0.1, 0.15) is 0 Å². The van der Waals surface area contributed by atoms with Gasteiger partial charge in [-0.2, -0.15) is 0 Å². The molecule has 0 unspecified atom stereocenters. The minimum absolute atomic E-state index is 0.440. The predicted octanol–water partition coefficient (Wildman–Crippen LogP) is 2.38. The van der Waals surface area contributed by atoms with E-state index in [4.69, 9.17) is 4.42 Å². The van der Waals surface area contributed by atoms with E-state index < -0.39 is 11.6 Å². The number of nitrogens with zero attached hydrogens (tertiary/aromatic N) is 1. The van der Waals surface area contributed by atoms with Gasteiger partial charge >= 0.3 is 0 Å². The van der Waals surface area contributed by atoms with Crippen molar-refractivity contribution in [1.29, 1.82) is 0 Å². The van der Waals surface area contributed by atoms with Gasteiger partial charge in [-0.25, -0.2) is 13.8 Å². The molecule has 0 aliphatic carbocycles. The molecule has 1 heterocycles. The minimum atomic E-state index is -0.893. The summed E-state index contributed by atoms with van der Waals surface area (Å²) in [7, 11) is 1.83. The number of hydrogen-bond acceptors (Lipinski definition) is 3. The van der Waals surface area contributed by atoms with Crippen molar-refractivity contribution >= 4 is 0 Å². The Bertz CT molecular complexity index is 511. The zero-order valence-electron chi connectivity index (χ0n) is 9.34. The molecule has 0 atom stereocenters. The molecule has 0 aliphatic heterocycles. The summed E-state index contributed by atoms with van der Waals surface area (Å²) in [4.78, 5) is 4.06. The molecule has 0 saturated heterocycles. The van der Waals surface area contributed by atoms with Crippen LogP contribution in [-0.4, -0.2) is 18.6 Å². The van der Waals surface area contributed by atoms with E-state index >= 15 is 0 Å². The second-order valence-corrected chi connectivity index (χ2v) is 3.60. The molecule has 1 N–H and O–H groups in total. The maximum Gasteiger partial charge on any atom is 0.196 e. The zero-order chi connectivity index (χ0) is 12.3. The molecule has 0 fully saturated rings. The fourth-order valence-corrected chi connectivity index (χ4v) is 1.44. The highest BCUT2D eigenvalue weighted by Gasteiger charge is 2.09. The minimum Gasteiger partial charge on any atom is -0.441 e. The van der Waals surface area contributed by atoms with E-state index in [1.54, 1.807) is 0 Å². The van der Waals surface area contributed by atoms with E-state index in [2.05, 4.69) is 10.3 Å². The van der Waals surface area contributed by atoms with Crippen molar-refractivity contribution in [1.82, 2.24) is 10.3 Å². The molecule has 0 aliphatic rings. The molecule has 0 radical (unpaired) electrons. The molecule has 0 bridgehead atoms. The van der Waals surface area contributed by atoms with E-state index in [1.165, 1.54) is 12.3 Å². The van der Waals surface area contributed by atoms with Gasteiger partial charge in [0.25, 0.3) is 0 Å². The van der Waals surface area contributed by atoms with Crippen molar-refractivity contribution in [2.75, 3.05) is 13.6 Å². The highest BCUT2D eigenvalue weighted by Crippen LogP contribution is 2.22. The van der Waals surface area contributed by atoms with Crippen LogP contribution in [0, 0.1) is 11.6 Å². The molecule has 3 nitrogen and oxygen atoms in total. The van der Waals surface area contributed by atoms with Crippen LogP contribution in [0.4, 0.5) is 8.78 Å². The van der Waals surface area contributed by atoms with E-state index in [1.807, 2.05) is 7.05 Å². The average molecular weight is 238 g/mol. The van der Waals surface area contributed by atoms with Crippen LogP contribution in [0.1, 0.15) is 5.89 Å². The van der Waals surface area contributed by atoms with E-state index in [0.29, 0.717) is 23.6 Å². The van der Waals surface area contributed by atoms with Crippen LogP contribution in [0.5, 0.6) is 0 Å². The third kappa shape index (κ3) is 2.68. The van der Waals surface area contributed by atoms with Crippen molar-refractivity contribution in [2.45, 2.75) is 6.42 Å². The molecule has 1 aromatic heterocycles. The number of aromatic nitrogens is 1. The van der Waals surface area contributed by atoms with Gasteiger partial charge in [-0.15, -0.1) is 0 Å². The van der Waals surface area contributed by atoms with E-state index in [0.717, 1.165) is 18.7 Å². The Balaban J connectivity index is 2.21. The van der Waals surface area contributed by atoms with Gasteiger partial charge in [-0.05, 0) is 25.2 Å². The van der Waals surface area contributed by atoms with E-state index in [9.17, 15) is 8.78 Å². The van der Waals surface area contributed by atoms with Gasteiger partial charge in [0, 0.05) is 18.5 Å². The summed E-state index contributed by atoms with van der Waals surface area (Å²) < 4.78 is 31.2. The molecule has 2 rings (SSSR count). The van der Waals surface area contributed by atoms with Crippen LogP contribution < -0.4 is 5.32 Å². The normalized spacial score (nSPS) is 10.8. The third-order valence-electron chi connectivity index (χ3n) is 2.35.